The van der Waals surface area contributed by atoms with Gasteiger partial charge in [0.25, 0.3) is 0 Å². The van der Waals surface area contributed by atoms with Crippen molar-refractivity contribution in [1.29, 1.82) is 0 Å². The lowest BCUT2D eigenvalue weighted by Gasteiger charge is -2.12. The third-order valence-electron chi connectivity index (χ3n) is 3.58. The van der Waals surface area contributed by atoms with E-state index in [4.69, 9.17) is 9.47 Å². The molecule has 0 radical (unpaired) electrons. The van der Waals surface area contributed by atoms with Gasteiger partial charge in [0, 0.05) is 12.0 Å². The molecule has 0 bridgehead atoms. The predicted octanol–water partition coefficient (Wildman–Crippen LogP) is 3.58. The first-order chi connectivity index (χ1) is 11.5. The molecule has 0 saturated heterocycles. The maximum atomic E-state index is 12.9. The molecule has 0 fully saturated rings. The van der Waals surface area contributed by atoms with Crippen LogP contribution in [0.4, 0.5) is 4.39 Å². The Morgan fingerprint density at radius 1 is 1.04 bits per heavy atom. The number of aryl methyl sites for hydroxylation is 1. The van der Waals surface area contributed by atoms with Crippen molar-refractivity contribution >= 4 is 11.8 Å². The minimum Gasteiger partial charge on any atom is -0.497 e. The van der Waals surface area contributed by atoms with Gasteiger partial charge in [-0.15, -0.1) is 0 Å². The molecule has 5 heteroatoms. The zero-order valence-corrected chi connectivity index (χ0v) is 13.6. The number of rotatable bonds is 7. The van der Waals surface area contributed by atoms with Crippen molar-refractivity contribution in [3.63, 3.8) is 0 Å². The Hall–Kier alpha value is -2.69. The highest BCUT2D eigenvalue weighted by Crippen LogP contribution is 2.14. The van der Waals surface area contributed by atoms with Gasteiger partial charge in [0.05, 0.1) is 7.11 Å². The fourth-order valence-corrected chi connectivity index (χ4v) is 2.20. The number of methoxy groups -OCH3 is 1. The summed E-state index contributed by atoms with van der Waals surface area (Å²) >= 11 is 0. The van der Waals surface area contributed by atoms with E-state index >= 15 is 0 Å². The maximum absolute atomic E-state index is 12.9. The van der Waals surface area contributed by atoms with Gasteiger partial charge in [0.15, 0.2) is 6.10 Å². The molecule has 0 saturated carbocycles. The Morgan fingerprint density at radius 3 is 2.25 bits per heavy atom. The molecule has 0 heterocycles. The van der Waals surface area contributed by atoms with Gasteiger partial charge in [-0.05, 0) is 55.3 Å². The van der Waals surface area contributed by atoms with Crippen molar-refractivity contribution in [2.45, 2.75) is 25.9 Å². The van der Waals surface area contributed by atoms with E-state index < -0.39 is 17.9 Å². The largest absolute Gasteiger partial charge is 0.497 e. The monoisotopic (exact) mass is 330 g/mol. The number of halogens is 1. The highest BCUT2D eigenvalue weighted by molar-refractivity contribution is 6.00. The van der Waals surface area contributed by atoms with E-state index in [1.54, 1.807) is 7.11 Å². The average molecular weight is 330 g/mol. The first-order valence-corrected chi connectivity index (χ1v) is 7.62. The molecule has 0 N–H and O–H groups in total. The van der Waals surface area contributed by atoms with E-state index in [9.17, 15) is 14.0 Å². The number of ketones is 1. The molecule has 24 heavy (non-hydrogen) atoms. The zero-order chi connectivity index (χ0) is 17.5. The van der Waals surface area contributed by atoms with Crippen LogP contribution < -0.4 is 4.74 Å². The van der Waals surface area contributed by atoms with Gasteiger partial charge in [0.2, 0.25) is 5.78 Å². The Morgan fingerprint density at radius 2 is 1.67 bits per heavy atom. The van der Waals surface area contributed by atoms with E-state index in [0.717, 1.165) is 11.3 Å². The number of ether oxygens (including phenoxy) is 2. The first-order valence-electron chi connectivity index (χ1n) is 7.62. The Balaban J connectivity index is 1.84. The number of benzene rings is 2. The molecule has 0 aliphatic heterocycles. The summed E-state index contributed by atoms with van der Waals surface area (Å²) in [6, 6.07) is 12.5. The fraction of sp³-hybridized carbons (Fsp3) is 0.263. The van der Waals surface area contributed by atoms with Gasteiger partial charge in [0.1, 0.15) is 11.6 Å². The van der Waals surface area contributed by atoms with E-state index in [1.165, 1.54) is 31.2 Å². The van der Waals surface area contributed by atoms with Gasteiger partial charge in [-0.2, -0.15) is 0 Å². The summed E-state index contributed by atoms with van der Waals surface area (Å²) in [6.45, 7) is 1.51. The van der Waals surface area contributed by atoms with Crippen molar-refractivity contribution in [1.82, 2.24) is 0 Å². The molecule has 126 valence electrons. The predicted molar refractivity (Wildman–Crippen MR) is 87.6 cm³/mol. The second-order valence-electron chi connectivity index (χ2n) is 5.35. The SMILES string of the molecule is COc1ccc(CCC(=O)OC(C)C(=O)c2ccc(F)cc2)cc1. The lowest BCUT2D eigenvalue weighted by atomic mass is 10.1. The van der Waals surface area contributed by atoms with Gasteiger partial charge < -0.3 is 9.47 Å². The van der Waals surface area contributed by atoms with Gasteiger partial charge in [-0.3, -0.25) is 9.59 Å². The number of esters is 1. The van der Waals surface area contributed by atoms with Gasteiger partial charge >= 0.3 is 5.97 Å². The molecule has 0 aliphatic carbocycles. The molecular weight excluding hydrogens is 311 g/mol. The molecule has 2 aromatic rings. The van der Waals surface area contributed by atoms with Gasteiger partial charge in [-0.1, -0.05) is 12.1 Å². The minimum atomic E-state index is -0.904. The smallest absolute Gasteiger partial charge is 0.306 e. The van der Waals surface area contributed by atoms with Gasteiger partial charge in [-0.25, -0.2) is 4.39 Å². The normalized spacial score (nSPS) is 11.6. The summed E-state index contributed by atoms with van der Waals surface area (Å²) in [5.74, 6) is -0.475. The van der Waals surface area contributed by atoms with E-state index in [0.29, 0.717) is 12.0 Å². The number of Topliss-reactive ketones (excluding diaryl/α,β-unsaturated/α-hetero) is 1. The summed E-state index contributed by atoms with van der Waals surface area (Å²) in [5, 5.41) is 0. The van der Waals surface area contributed by atoms with E-state index in [-0.39, 0.29) is 12.2 Å². The summed E-state index contributed by atoms with van der Waals surface area (Å²) in [6.07, 6.45) is -0.216. The van der Waals surface area contributed by atoms with Crippen LogP contribution in [-0.2, 0) is 16.0 Å². The van der Waals surface area contributed by atoms with Crippen molar-refractivity contribution < 1.29 is 23.5 Å². The molecule has 1 atom stereocenters. The van der Waals surface area contributed by atoms with Crippen molar-refractivity contribution in [3.05, 3.63) is 65.5 Å². The second-order valence-corrected chi connectivity index (χ2v) is 5.35. The minimum absolute atomic E-state index is 0.174. The Labute approximate surface area is 140 Å². The molecule has 1 unspecified atom stereocenters. The van der Waals surface area contributed by atoms with Crippen LogP contribution in [0.1, 0.15) is 29.3 Å². The molecule has 0 amide bonds. The van der Waals surface area contributed by atoms with Crippen molar-refractivity contribution in [2.24, 2.45) is 0 Å². The highest BCUT2D eigenvalue weighted by atomic mass is 19.1. The number of carbonyl (C=O) groups excluding carboxylic acids is 2. The van der Waals surface area contributed by atoms with Crippen molar-refractivity contribution in [2.75, 3.05) is 7.11 Å². The van der Waals surface area contributed by atoms with Crippen LogP contribution >= 0.6 is 0 Å². The number of hydrogen-bond donors (Lipinski definition) is 0. The fourth-order valence-electron chi connectivity index (χ4n) is 2.20. The number of hydrogen-bond acceptors (Lipinski definition) is 4. The topological polar surface area (TPSA) is 52.6 Å². The second kappa shape index (κ2) is 8.24. The summed E-state index contributed by atoms with van der Waals surface area (Å²) in [5.41, 5.74) is 1.29. The van der Waals surface area contributed by atoms with Crippen LogP contribution in [0.15, 0.2) is 48.5 Å². The van der Waals surface area contributed by atoms with Crippen molar-refractivity contribution in [3.8, 4) is 5.75 Å². The van der Waals surface area contributed by atoms with Crippen LogP contribution in [0.2, 0.25) is 0 Å². The third kappa shape index (κ3) is 4.91. The lowest BCUT2D eigenvalue weighted by molar-refractivity contribution is -0.146. The molecule has 4 nitrogen and oxygen atoms in total. The van der Waals surface area contributed by atoms with Crippen LogP contribution in [0.3, 0.4) is 0 Å². The van der Waals surface area contributed by atoms with Crippen LogP contribution in [-0.4, -0.2) is 25.0 Å². The average Bonchev–Trinajstić information content (AvgIpc) is 2.60. The molecule has 0 spiro atoms. The first kappa shape index (κ1) is 17.7. The summed E-state index contributed by atoms with van der Waals surface area (Å²) in [4.78, 5) is 24.0. The molecule has 0 aliphatic rings. The number of carbonyl (C=O) groups is 2. The zero-order valence-electron chi connectivity index (χ0n) is 13.6. The molecule has 2 rings (SSSR count). The molecule has 0 aromatic heterocycles. The standard InChI is InChI=1S/C19H19FO4/c1-13(19(22)15-6-8-16(20)9-7-15)24-18(21)12-5-14-3-10-17(23-2)11-4-14/h3-4,6-11,13H,5,12H2,1-2H3. The quantitative estimate of drug-likeness (QED) is 0.575. The Kier molecular flexibility index (Phi) is 6.07. The molecule has 2 aromatic carbocycles. The third-order valence-corrected chi connectivity index (χ3v) is 3.58. The highest BCUT2D eigenvalue weighted by Gasteiger charge is 2.19. The van der Waals surface area contributed by atoms with Crippen LogP contribution in [0.25, 0.3) is 0 Å². The summed E-state index contributed by atoms with van der Waals surface area (Å²) < 4.78 is 23.1. The lowest BCUT2D eigenvalue weighted by Crippen LogP contribution is -2.24. The molecular formula is C19H19FO4. The Bertz CT molecular complexity index is 692. The van der Waals surface area contributed by atoms with Crippen LogP contribution in [0, 0.1) is 5.82 Å². The van der Waals surface area contributed by atoms with E-state index in [1.807, 2.05) is 24.3 Å². The summed E-state index contributed by atoms with van der Waals surface area (Å²) in [7, 11) is 1.59. The van der Waals surface area contributed by atoms with Crippen LogP contribution in [0.5, 0.6) is 5.75 Å². The van der Waals surface area contributed by atoms with E-state index in [2.05, 4.69) is 0 Å². The maximum Gasteiger partial charge on any atom is 0.306 e.